The van der Waals surface area contributed by atoms with E-state index in [0.717, 1.165) is 0 Å². The van der Waals surface area contributed by atoms with Gasteiger partial charge in [0.1, 0.15) is 6.10 Å². The van der Waals surface area contributed by atoms with E-state index in [1.165, 1.54) is 0 Å². The van der Waals surface area contributed by atoms with Crippen LogP contribution in [-0.2, 0) is 4.74 Å². The van der Waals surface area contributed by atoms with Crippen LogP contribution in [0.25, 0.3) is 0 Å². The average molecular weight is 218 g/mol. The molecular formula is C11H22O4. The van der Waals surface area contributed by atoms with E-state index in [1.54, 1.807) is 0 Å². The number of ether oxygens (including phenoxy) is 1. The fourth-order valence-electron chi connectivity index (χ4n) is 2.32. The molecule has 1 fully saturated rings. The highest BCUT2D eigenvalue weighted by Crippen LogP contribution is 2.36. The molecule has 0 aromatic carbocycles. The standard InChI is InChI=1S/C11H22O4/c1-7(2)4-11(14)6-15-10(8(11)3)9(13)5-12/h7-10,12-14H,4-6H2,1-3H3/t8?,9-,10?,11?/m1/s1. The van der Waals surface area contributed by atoms with E-state index < -0.39 is 17.8 Å². The van der Waals surface area contributed by atoms with Crippen molar-refractivity contribution in [2.75, 3.05) is 13.2 Å². The molecule has 90 valence electrons. The van der Waals surface area contributed by atoms with Crippen molar-refractivity contribution in [2.45, 2.75) is 45.0 Å². The van der Waals surface area contributed by atoms with Crippen molar-refractivity contribution in [2.24, 2.45) is 11.8 Å². The summed E-state index contributed by atoms with van der Waals surface area (Å²) in [6, 6.07) is 0. The molecule has 0 amide bonds. The quantitative estimate of drug-likeness (QED) is 0.628. The maximum atomic E-state index is 10.3. The van der Waals surface area contributed by atoms with E-state index in [-0.39, 0.29) is 19.1 Å². The highest BCUT2D eigenvalue weighted by molar-refractivity contribution is 4.97. The molecule has 3 N–H and O–H groups in total. The molecule has 4 nitrogen and oxygen atoms in total. The van der Waals surface area contributed by atoms with Crippen molar-refractivity contribution >= 4 is 0 Å². The Kier molecular flexibility index (Phi) is 4.12. The highest BCUT2D eigenvalue weighted by Gasteiger charge is 2.48. The second-order valence-electron chi connectivity index (χ2n) is 5.02. The van der Waals surface area contributed by atoms with Crippen molar-refractivity contribution in [1.29, 1.82) is 0 Å². The van der Waals surface area contributed by atoms with Crippen molar-refractivity contribution < 1.29 is 20.1 Å². The molecule has 0 aromatic heterocycles. The summed E-state index contributed by atoms with van der Waals surface area (Å²) in [5, 5.41) is 28.7. The summed E-state index contributed by atoms with van der Waals surface area (Å²) < 4.78 is 5.37. The van der Waals surface area contributed by atoms with E-state index in [2.05, 4.69) is 0 Å². The summed E-state index contributed by atoms with van der Waals surface area (Å²) in [6.07, 6.45) is -0.706. The van der Waals surface area contributed by atoms with Gasteiger partial charge >= 0.3 is 0 Å². The van der Waals surface area contributed by atoms with Crippen molar-refractivity contribution in [3.63, 3.8) is 0 Å². The van der Waals surface area contributed by atoms with Crippen LogP contribution < -0.4 is 0 Å². The van der Waals surface area contributed by atoms with E-state index >= 15 is 0 Å². The van der Waals surface area contributed by atoms with E-state index in [4.69, 9.17) is 9.84 Å². The summed E-state index contributed by atoms with van der Waals surface area (Å²) in [7, 11) is 0. The Hall–Kier alpha value is -0.160. The summed E-state index contributed by atoms with van der Waals surface area (Å²) in [5.74, 6) is 0.230. The summed E-state index contributed by atoms with van der Waals surface area (Å²) in [4.78, 5) is 0. The second-order valence-corrected chi connectivity index (χ2v) is 5.02. The molecule has 1 heterocycles. The first-order valence-corrected chi connectivity index (χ1v) is 5.53. The molecule has 0 spiro atoms. The molecule has 1 aliphatic rings. The lowest BCUT2D eigenvalue weighted by Gasteiger charge is -2.30. The van der Waals surface area contributed by atoms with Crippen LogP contribution in [0.3, 0.4) is 0 Å². The third-order valence-corrected chi connectivity index (χ3v) is 3.19. The molecule has 15 heavy (non-hydrogen) atoms. The first-order chi connectivity index (χ1) is 6.90. The lowest BCUT2D eigenvalue weighted by Crippen LogP contribution is -2.42. The molecule has 4 atom stereocenters. The van der Waals surface area contributed by atoms with E-state index in [1.807, 2.05) is 20.8 Å². The number of aliphatic hydroxyl groups is 3. The lowest BCUT2D eigenvalue weighted by atomic mass is 9.80. The van der Waals surface area contributed by atoms with Crippen molar-refractivity contribution in [1.82, 2.24) is 0 Å². The number of hydrogen-bond donors (Lipinski definition) is 3. The van der Waals surface area contributed by atoms with Gasteiger partial charge in [-0.05, 0) is 12.3 Å². The summed E-state index contributed by atoms with van der Waals surface area (Å²) in [5.41, 5.74) is -0.866. The highest BCUT2D eigenvalue weighted by atomic mass is 16.5. The predicted molar refractivity (Wildman–Crippen MR) is 56.4 cm³/mol. The Labute approximate surface area is 90.9 Å². The van der Waals surface area contributed by atoms with Gasteiger partial charge in [-0.1, -0.05) is 20.8 Å². The molecule has 0 bridgehead atoms. The van der Waals surface area contributed by atoms with Gasteiger partial charge < -0.3 is 20.1 Å². The van der Waals surface area contributed by atoms with Crippen LogP contribution in [-0.4, -0.2) is 46.3 Å². The molecule has 0 saturated carbocycles. The monoisotopic (exact) mass is 218 g/mol. The van der Waals surface area contributed by atoms with Gasteiger partial charge in [-0.3, -0.25) is 0 Å². The molecule has 1 aliphatic heterocycles. The Bertz CT molecular complexity index is 207. The molecule has 4 heteroatoms. The minimum Gasteiger partial charge on any atom is -0.394 e. The van der Waals surface area contributed by atoms with Gasteiger partial charge in [0.15, 0.2) is 0 Å². The Morgan fingerprint density at radius 1 is 1.47 bits per heavy atom. The van der Waals surface area contributed by atoms with Gasteiger partial charge in [0.25, 0.3) is 0 Å². The smallest absolute Gasteiger partial charge is 0.104 e. The zero-order valence-electron chi connectivity index (χ0n) is 9.68. The molecule has 0 aliphatic carbocycles. The maximum absolute atomic E-state index is 10.3. The summed E-state index contributed by atoms with van der Waals surface area (Å²) >= 11 is 0. The molecule has 0 radical (unpaired) electrons. The van der Waals surface area contributed by atoms with Crippen molar-refractivity contribution in [3.8, 4) is 0 Å². The van der Waals surface area contributed by atoms with Crippen LogP contribution in [0, 0.1) is 11.8 Å². The second kappa shape index (κ2) is 4.78. The zero-order chi connectivity index (χ0) is 11.6. The predicted octanol–water partition coefficient (Wildman–Crippen LogP) is 0.152. The van der Waals surface area contributed by atoms with Crippen LogP contribution in [0.15, 0.2) is 0 Å². The summed E-state index contributed by atoms with van der Waals surface area (Å²) in [6.45, 7) is 5.86. The van der Waals surface area contributed by atoms with Crippen LogP contribution >= 0.6 is 0 Å². The van der Waals surface area contributed by atoms with Crippen LogP contribution in [0.4, 0.5) is 0 Å². The van der Waals surface area contributed by atoms with Gasteiger partial charge in [0, 0.05) is 5.92 Å². The molecule has 1 rings (SSSR count). The van der Waals surface area contributed by atoms with Gasteiger partial charge in [-0.2, -0.15) is 0 Å². The minimum atomic E-state index is -0.902. The number of rotatable bonds is 4. The third kappa shape index (κ3) is 2.69. The first-order valence-electron chi connectivity index (χ1n) is 5.53. The van der Waals surface area contributed by atoms with Crippen LogP contribution in [0.5, 0.6) is 0 Å². The minimum absolute atomic E-state index is 0.151. The van der Waals surface area contributed by atoms with Crippen LogP contribution in [0.2, 0.25) is 0 Å². The fraction of sp³-hybridized carbons (Fsp3) is 1.00. The van der Waals surface area contributed by atoms with Gasteiger partial charge in [-0.15, -0.1) is 0 Å². The topological polar surface area (TPSA) is 69.9 Å². The number of hydrogen-bond acceptors (Lipinski definition) is 4. The fourth-order valence-corrected chi connectivity index (χ4v) is 2.32. The Morgan fingerprint density at radius 2 is 2.07 bits per heavy atom. The van der Waals surface area contributed by atoms with Gasteiger partial charge in [0.2, 0.25) is 0 Å². The third-order valence-electron chi connectivity index (χ3n) is 3.19. The largest absolute Gasteiger partial charge is 0.394 e. The maximum Gasteiger partial charge on any atom is 0.104 e. The molecule has 3 unspecified atom stereocenters. The Balaban J connectivity index is 2.65. The van der Waals surface area contributed by atoms with E-state index in [9.17, 15) is 10.2 Å². The normalized spacial score (nSPS) is 38.6. The van der Waals surface area contributed by atoms with Crippen molar-refractivity contribution in [3.05, 3.63) is 0 Å². The zero-order valence-corrected chi connectivity index (χ0v) is 9.68. The number of aliphatic hydroxyl groups excluding tert-OH is 2. The molecule has 0 aromatic rings. The first kappa shape index (κ1) is 12.9. The lowest BCUT2D eigenvalue weighted by molar-refractivity contribution is -0.0414. The average Bonchev–Trinajstić information content (AvgIpc) is 2.42. The van der Waals surface area contributed by atoms with Gasteiger partial charge in [0.05, 0.1) is 24.9 Å². The SMILES string of the molecule is CC(C)CC1(O)COC([C@H](O)CO)C1C. The molecular weight excluding hydrogens is 196 g/mol. The van der Waals surface area contributed by atoms with E-state index in [0.29, 0.717) is 12.3 Å². The Morgan fingerprint density at radius 3 is 2.53 bits per heavy atom. The molecule has 1 saturated heterocycles. The van der Waals surface area contributed by atoms with Gasteiger partial charge in [-0.25, -0.2) is 0 Å². The van der Waals surface area contributed by atoms with Crippen LogP contribution in [0.1, 0.15) is 27.2 Å².